The molecule has 5 nitrogen and oxygen atoms in total. The molecule has 21 heavy (non-hydrogen) atoms. The van der Waals surface area contributed by atoms with Crippen LogP contribution < -0.4 is 10.0 Å². The quantitative estimate of drug-likeness (QED) is 0.724. The Bertz CT molecular complexity index is 522. The van der Waals surface area contributed by atoms with Gasteiger partial charge in [0.2, 0.25) is 10.0 Å². The number of anilines is 1. The molecule has 0 amide bonds. The Hall–Kier alpha value is -1.14. The van der Waals surface area contributed by atoms with Gasteiger partial charge in [-0.2, -0.15) is 0 Å². The zero-order valence-electron chi connectivity index (χ0n) is 12.6. The van der Waals surface area contributed by atoms with Crippen LogP contribution in [0.2, 0.25) is 0 Å². The topological polar surface area (TPSA) is 71.1 Å². The zero-order valence-corrected chi connectivity index (χ0v) is 13.5. The Labute approximate surface area is 127 Å². The molecular formula is C15H25N3O2S. The molecule has 1 aliphatic rings. The van der Waals surface area contributed by atoms with Crippen molar-refractivity contribution in [2.24, 2.45) is 5.92 Å². The molecule has 0 atom stereocenters. The molecule has 1 aliphatic carbocycles. The minimum atomic E-state index is -3.43. The van der Waals surface area contributed by atoms with Crippen LogP contribution in [0.3, 0.4) is 0 Å². The van der Waals surface area contributed by atoms with Crippen LogP contribution in [0.4, 0.5) is 5.82 Å². The first-order chi connectivity index (χ1) is 10.1. The minimum absolute atomic E-state index is 0.227. The highest BCUT2D eigenvalue weighted by Gasteiger charge is 2.16. The van der Waals surface area contributed by atoms with E-state index in [4.69, 9.17) is 0 Å². The van der Waals surface area contributed by atoms with Crippen molar-refractivity contribution in [3.63, 3.8) is 0 Å². The Balaban J connectivity index is 1.80. The summed E-state index contributed by atoms with van der Waals surface area (Å²) in [5, 5.41) is 3.04. The lowest BCUT2D eigenvalue weighted by Crippen LogP contribution is -2.25. The van der Waals surface area contributed by atoms with E-state index in [0.29, 0.717) is 12.4 Å². The maximum atomic E-state index is 12.1. The number of hydrogen-bond donors (Lipinski definition) is 2. The summed E-state index contributed by atoms with van der Waals surface area (Å²) in [6.45, 7) is 3.24. The molecule has 0 aliphatic heterocycles. The molecule has 2 rings (SSSR count). The van der Waals surface area contributed by atoms with Crippen molar-refractivity contribution in [3.05, 3.63) is 18.3 Å². The van der Waals surface area contributed by atoms with Gasteiger partial charge in [0.1, 0.15) is 10.7 Å². The monoisotopic (exact) mass is 311 g/mol. The smallest absolute Gasteiger partial charge is 0.242 e. The first-order valence-electron chi connectivity index (χ1n) is 7.81. The number of pyridine rings is 1. The van der Waals surface area contributed by atoms with Gasteiger partial charge in [-0.05, 0) is 37.8 Å². The van der Waals surface area contributed by atoms with E-state index in [-0.39, 0.29) is 4.90 Å². The van der Waals surface area contributed by atoms with E-state index in [1.807, 2.05) is 6.92 Å². The summed E-state index contributed by atoms with van der Waals surface area (Å²) in [6.07, 6.45) is 8.72. The van der Waals surface area contributed by atoms with Crippen LogP contribution in [-0.4, -0.2) is 26.5 Å². The first-order valence-corrected chi connectivity index (χ1v) is 9.29. The SMILES string of the molecule is CCNc1ccc(S(=O)(=O)NCCCC2CCCC2)cn1. The third-order valence-electron chi connectivity index (χ3n) is 3.96. The van der Waals surface area contributed by atoms with Gasteiger partial charge in [-0.3, -0.25) is 0 Å². The molecule has 1 heterocycles. The molecule has 1 fully saturated rings. The Morgan fingerprint density at radius 3 is 2.67 bits per heavy atom. The van der Waals surface area contributed by atoms with E-state index in [1.54, 1.807) is 12.1 Å². The van der Waals surface area contributed by atoms with Crippen LogP contribution in [0.5, 0.6) is 0 Å². The van der Waals surface area contributed by atoms with Crippen molar-refractivity contribution in [3.8, 4) is 0 Å². The van der Waals surface area contributed by atoms with Crippen molar-refractivity contribution in [1.82, 2.24) is 9.71 Å². The second-order valence-electron chi connectivity index (χ2n) is 5.60. The minimum Gasteiger partial charge on any atom is -0.370 e. The molecule has 1 saturated carbocycles. The highest BCUT2D eigenvalue weighted by molar-refractivity contribution is 7.89. The third-order valence-corrected chi connectivity index (χ3v) is 5.41. The van der Waals surface area contributed by atoms with Crippen LogP contribution in [0.25, 0.3) is 0 Å². The lowest BCUT2D eigenvalue weighted by molar-refractivity contribution is 0.480. The summed E-state index contributed by atoms with van der Waals surface area (Å²) in [7, 11) is -3.43. The van der Waals surface area contributed by atoms with Gasteiger partial charge < -0.3 is 5.32 Å². The Morgan fingerprint density at radius 1 is 1.29 bits per heavy atom. The van der Waals surface area contributed by atoms with Gasteiger partial charge in [0.25, 0.3) is 0 Å². The van der Waals surface area contributed by atoms with Gasteiger partial charge in [0.05, 0.1) is 0 Å². The maximum Gasteiger partial charge on any atom is 0.242 e. The van der Waals surface area contributed by atoms with E-state index >= 15 is 0 Å². The molecule has 6 heteroatoms. The maximum absolute atomic E-state index is 12.1. The van der Waals surface area contributed by atoms with Gasteiger partial charge in [-0.25, -0.2) is 18.1 Å². The molecule has 1 aromatic rings. The van der Waals surface area contributed by atoms with E-state index in [1.165, 1.54) is 31.9 Å². The molecule has 0 saturated heterocycles. The van der Waals surface area contributed by atoms with Gasteiger partial charge in [0.15, 0.2) is 0 Å². The molecule has 1 aromatic heterocycles. The number of rotatable bonds is 8. The van der Waals surface area contributed by atoms with Crippen LogP contribution in [0.15, 0.2) is 23.2 Å². The normalized spacial score (nSPS) is 16.2. The van der Waals surface area contributed by atoms with Crippen molar-refractivity contribution >= 4 is 15.8 Å². The first kappa shape index (κ1) is 16.2. The Kier molecular flexibility index (Phi) is 5.99. The fraction of sp³-hybridized carbons (Fsp3) is 0.667. The second-order valence-corrected chi connectivity index (χ2v) is 7.37. The standard InChI is InChI=1S/C15H25N3O2S/c1-2-16-15-10-9-14(12-17-15)21(19,20)18-11-5-8-13-6-3-4-7-13/h9-10,12-13,18H,2-8,11H2,1H3,(H,16,17). The lowest BCUT2D eigenvalue weighted by atomic mass is 10.0. The fourth-order valence-electron chi connectivity index (χ4n) is 2.80. The number of hydrogen-bond acceptors (Lipinski definition) is 4. The van der Waals surface area contributed by atoms with Crippen LogP contribution in [-0.2, 0) is 10.0 Å². The second kappa shape index (κ2) is 7.75. The summed E-state index contributed by atoms with van der Waals surface area (Å²) in [5.74, 6) is 1.49. The Morgan fingerprint density at radius 2 is 2.05 bits per heavy atom. The molecule has 0 aromatic carbocycles. The number of sulfonamides is 1. The molecule has 118 valence electrons. The molecule has 0 radical (unpaired) electrons. The summed E-state index contributed by atoms with van der Waals surface area (Å²) in [6, 6.07) is 3.28. The van der Waals surface area contributed by atoms with E-state index < -0.39 is 10.0 Å². The molecular weight excluding hydrogens is 286 g/mol. The van der Waals surface area contributed by atoms with Gasteiger partial charge in [0, 0.05) is 19.3 Å². The predicted octanol–water partition coefficient (Wildman–Crippen LogP) is 2.76. The van der Waals surface area contributed by atoms with Crippen LogP contribution in [0, 0.1) is 5.92 Å². The summed E-state index contributed by atoms with van der Waals surface area (Å²) < 4.78 is 26.9. The van der Waals surface area contributed by atoms with E-state index in [9.17, 15) is 8.42 Å². The average molecular weight is 311 g/mol. The summed E-state index contributed by atoms with van der Waals surface area (Å²) >= 11 is 0. The van der Waals surface area contributed by atoms with Gasteiger partial charge in [-0.1, -0.05) is 25.7 Å². The van der Waals surface area contributed by atoms with E-state index in [0.717, 1.165) is 25.3 Å². The van der Waals surface area contributed by atoms with E-state index in [2.05, 4.69) is 15.0 Å². The predicted molar refractivity (Wildman–Crippen MR) is 84.8 cm³/mol. The van der Waals surface area contributed by atoms with Crippen molar-refractivity contribution in [1.29, 1.82) is 0 Å². The van der Waals surface area contributed by atoms with Crippen LogP contribution in [0.1, 0.15) is 45.4 Å². The summed E-state index contributed by atoms with van der Waals surface area (Å²) in [5.41, 5.74) is 0. The molecule has 0 unspecified atom stereocenters. The fourth-order valence-corrected chi connectivity index (χ4v) is 3.82. The number of nitrogens with zero attached hydrogens (tertiary/aromatic N) is 1. The highest BCUT2D eigenvalue weighted by Crippen LogP contribution is 2.28. The third kappa shape index (κ3) is 4.97. The van der Waals surface area contributed by atoms with Crippen molar-refractivity contribution in [2.45, 2.75) is 50.3 Å². The van der Waals surface area contributed by atoms with Gasteiger partial charge in [-0.15, -0.1) is 0 Å². The molecule has 2 N–H and O–H groups in total. The molecule has 0 spiro atoms. The zero-order chi connectivity index (χ0) is 15.1. The number of aromatic nitrogens is 1. The summed E-state index contributed by atoms with van der Waals surface area (Å²) in [4.78, 5) is 4.32. The van der Waals surface area contributed by atoms with Gasteiger partial charge >= 0.3 is 0 Å². The average Bonchev–Trinajstić information content (AvgIpc) is 2.98. The highest BCUT2D eigenvalue weighted by atomic mass is 32.2. The van der Waals surface area contributed by atoms with Crippen molar-refractivity contribution < 1.29 is 8.42 Å². The number of nitrogens with one attached hydrogen (secondary N) is 2. The van der Waals surface area contributed by atoms with Crippen LogP contribution >= 0.6 is 0 Å². The molecule has 0 bridgehead atoms. The largest absolute Gasteiger partial charge is 0.370 e. The van der Waals surface area contributed by atoms with Crippen molar-refractivity contribution in [2.75, 3.05) is 18.4 Å². The lowest BCUT2D eigenvalue weighted by Gasteiger charge is -2.10.